The number of carbonyl (C=O) groups is 2. The molecule has 1 aromatic carbocycles. The Labute approximate surface area is 161 Å². The Bertz CT molecular complexity index is 685. The number of benzene rings is 1. The molecular formula is C21H30N2O4. The number of carbonyl (C=O) groups excluding carboxylic acids is 2. The maximum Gasteiger partial charge on any atom is 0.251 e. The van der Waals surface area contributed by atoms with E-state index in [-0.39, 0.29) is 11.8 Å². The Morgan fingerprint density at radius 3 is 2.52 bits per heavy atom. The van der Waals surface area contributed by atoms with E-state index in [2.05, 4.69) is 11.4 Å². The first-order chi connectivity index (χ1) is 13.0. The predicted molar refractivity (Wildman–Crippen MR) is 105 cm³/mol. The van der Waals surface area contributed by atoms with Crippen LogP contribution in [0.15, 0.2) is 29.8 Å². The van der Waals surface area contributed by atoms with Crippen LogP contribution in [0.5, 0.6) is 11.5 Å². The van der Waals surface area contributed by atoms with Gasteiger partial charge in [-0.25, -0.2) is 0 Å². The van der Waals surface area contributed by atoms with Gasteiger partial charge in [0, 0.05) is 32.1 Å². The normalized spacial score (nSPS) is 13.5. The highest BCUT2D eigenvalue weighted by Crippen LogP contribution is 2.27. The first-order valence-corrected chi connectivity index (χ1v) is 9.48. The Hall–Kier alpha value is -2.50. The van der Waals surface area contributed by atoms with Gasteiger partial charge in [0.2, 0.25) is 5.91 Å². The van der Waals surface area contributed by atoms with Crippen molar-refractivity contribution in [1.29, 1.82) is 0 Å². The third-order valence-electron chi connectivity index (χ3n) is 4.85. The minimum Gasteiger partial charge on any atom is -0.493 e. The second-order valence-electron chi connectivity index (χ2n) is 6.69. The summed E-state index contributed by atoms with van der Waals surface area (Å²) in [4.78, 5) is 26.0. The first-order valence-electron chi connectivity index (χ1n) is 9.48. The molecule has 27 heavy (non-hydrogen) atoms. The van der Waals surface area contributed by atoms with Crippen LogP contribution >= 0.6 is 0 Å². The Morgan fingerprint density at radius 2 is 1.89 bits per heavy atom. The molecule has 6 heteroatoms. The van der Waals surface area contributed by atoms with Crippen molar-refractivity contribution in [3.05, 3.63) is 35.4 Å². The van der Waals surface area contributed by atoms with Crippen LogP contribution in [-0.2, 0) is 4.79 Å². The lowest BCUT2D eigenvalue weighted by molar-refractivity contribution is -0.128. The van der Waals surface area contributed by atoms with Gasteiger partial charge in [-0.2, -0.15) is 0 Å². The van der Waals surface area contributed by atoms with Gasteiger partial charge in [-0.3, -0.25) is 9.59 Å². The third kappa shape index (κ3) is 6.31. The molecule has 0 aliphatic heterocycles. The molecule has 2 amide bonds. The van der Waals surface area contributed by atoms with Gasteiger partial charge in [-0.05, 0) is 50.3 Å². The van der Waals surface area contributed by atoms with Crippen LogP contribution in [0.2, 0.25) is 0 Å². The van der Waals surface area contributed by atoms with Crippen molar-refractivity contribution < 1.29 is 19.1 Å². The highest BCUT2D eigenvalue weighted by atomic mass is 16.5. The molecule has 1 N–H and O–H groups in total. The SMILES string of the molecule is COc1ccc(C(=O)NCCN(CCC2=CCCCC2)C(C)=O)cc1OC. The van der Waals surface area contributed by atoms with Crippen molar-refractivity contribution in [2.75, 3.05) is 33.9 Å². The fraction of sp³-hybridized carbons (Fsp3) is 0.524. The summed E-state index contributed by atoms with van der Waals surface area (Å²) in [5.41, 5.74) is 1.94. The number of allylic oxidation sites excluding steroid dienone is 1. The quantitative estimate of drug-likeness (QED) is 0.674. The van der Waals surface area contributed by atoms with Crippen molar-refractivity contribution in [3.63, 3.8) is 0 Å². The van der Waals surface area contributed by atoms with Crippen LogP contribution in [0.3, 0.4) is 0 Å². The molecule has 0 unspecified atom stereocenters. The van der Waals surface area contributed by atoms with Crippen LogP contribution in [-0.4, -0.2) is 50.6 Å². The summed E-state index contributed by atoms with van der Waals surface area (Å²) >= 11 is 0. The fourth-order valence-corrected chi connectivity index (χ4v) is 3.22. The Morgan fingerprint density at radius 1 is 1.11 bits per heavy atom. The standard InChI is InChI=1S/C21H30N2O4/c1-16(24)23(13-11-17-7-5-4-6-8-17)14-12-22-21(25)18-9-10-19(26-2)20(15-18)27-3/h7,9-10,15H,4-6,8,11-14H2,1-3H3,(H,22,25). The first kappa shape index (κ1) is 20.8. The Kier molecular flexibility index (Phi) is 8.17. The minimum absolute atomic E-state index is 0.0341. The number of nitrogens with one attached hydrogen (secondary N) is 1. The van der Waals surface area contributed by atoms with Gasteiger partial charge in [0.1, 0.15) is 0 Å². The van der Waals surface area contributed by atoms with E-state index in [1.54, 1.807) is 37.1 Å². The number of hydrogen-bond donors (Lipinski definition) is 1. The average molecular weight is 374 g/mol. The summed E-state index contributed by atoms with van der Waals surface area (Å²) in [6, 6.07) is 5.04. The van der Waals surface area contributed by atoms with Gasteiger partial charge in [-0.15, -0.1) is 0 Å². The lowest BCUT2D eigenvalue weighted by atomic mass is 9.97. The lowest BCUT2D eigenvalue weighted by Gasteiger charge is -2.23. The second kappa shape index (κ2) is 10.6. The molecular weight excluding hydrogens is 344 g/mol. The molecule has 0 saturated heterocycles. The van der Waals surface area contributed by atoms with Crippen molar-refractivity contribution in [2.45, 2.75) is 39.0 Å². The molecule has 0 bridgehead atoms. The minimum atomic E-state index is -0.200. The molecule has 148 valence electrons. The van der Waals surface area contributed by atoms with Gasteiger partial charge < -0.3 is 19.7 Å². The van der Waals surface area contributed by atoms with Gasteiger partial charge in [-0.1, -0.05) is 11.6 Å². The molecule has 1 aromatic rings. The van der Waals surface area contributed by atoms with Crippen molar-refractivity contribution >= 4 is 11.8 Å². The smallest absolute Gasteiger partial charge is 0.251 e. The summed E-state index contributed by atoms with van der Waals surface area (Å²) in [7, 11) is 3.09. The molecule has 0 aromatic heterocycles. The van der Waals surface area contributed by atoms with E-state index in [1.165, 1.54) is 25.5 Å². The van der Waals surface area contributed by atoms with Crippen LogP contribution in [0, 0.1) is 0 Å². The highest BCUT2D eigenvalue weighted by Gasteiger charge is 2.13. The zero-order valence-electron chi connectivity index (χ0n) is 16.5. The summed E-state index contributed by atoms with van der Waals surface area (Å²) in [6.45, 7) is 3.19. The van der Waals surface area contributed by atoms with Crippen LogP contribution in [0.25, 0.3) is 0 Å². The molecule has 1 aliphatic rings. The van der Waals surface area contributed by atoms with Crippen LogP contribution in [0.1, 0.15) is 49.4 Å². The summed E-state index contributed by atoms with van der Waals surface area (Å²) in [5, 5.41) is 2.87. The van der Waals surface area contributed by atoms with Gasteiger partial charge >= 0.3 is 0 Å². The van der Waals surface area contributed by atoms with E-state index in [4.69, 9.17) is 9.47 Å². The molecule has 0 heterocycles. The average Bonchev–Trinajstić information content (AvgIpc) is 2.70. The maximum absolute atomic E-state index is 12.3. The van der Waals surface area contributed by atoms with Gasteiger partial charge in [0.05, 0.1) is 14.2 Å². The van der Waals surface area contributed by atoms with Crippen LogP contribution in [0.4, 0.5) is 0 Å². The van der Waals surface area contributed by atoms with Crippen molar-refractivity contribution in [2.24, 2.45) is 0 Å². The summed E-state index contributed by atoms with van der Waals surface area (Å²) < 4.78 is 10.4. The van der Waals surface area contributed by atoms with Crippen molar-refractivity contribution in [3.8, 4) is 11.5 Å². The largest absolute Gasteiger partial charge is 0.493 e. The number of rotatable bonds is 9. The van der Waals surface area contributed by atoms with Crippen LogP contribution < -0.4 is 14.8 Å². The maximum atomic E-state index is 12.3. The zero-order chi connectivity index (χ0) is 19.6. The predicted octanol–water partition coefficient (Wildman–Crippen LogP) is 3.17. The van der Waals surface area contributed by atoms with E-state index in [0.717, 1.165) is 19.3 Å². The number of ether oxygens (including phenoxy) is 2. The van der Waals surface area contributed by atoms with E-state index in [0.29, 0.717) is 36.7 Å². The zero-order valence-corrected chi connectivity index (χ0v) is 16.5. The topological polar surface area (TPSA) is 67.9 Å². The fourth-order valence-electron chi connectivity index (χ4n) is 3.22. The number of amides is 2. The van der Waals surface area contributed by atoms with Gasteiger partial charge in [0.25, 0.3) is 5.91 Å². The molecule has 0 spiro atoms. The van der Waals surface area contributed by atoms with Crippen molar-refractivity contribution in [1.82, 2.24) is 10.2 Å². The summed E-state index contributed by atoms with van der Waals surface area (Å²) in [5.74, 6) is 0.923. The van der Waals surface area contributed by atoms with E-state index >= 15 is 0 Å². The molecule has 0 saturated carbocycles. The molecule has 6 nitrogen and oxygen atoms in total. The molecule has 0 radical (unpaired) electrons. The molecule has 0 fully saturated rings. The number of hydrogen-bond acceptors (Lipinski definition) is 4. The lowest BCUT2D eigenvalue weighted by Crippen LogP contribution is -2.38. The van der Waals surface area contributed by atoms with E-state index < -0.39 is 0 Å². The number of methoxy groups -OCH3 is 2. The third-order valence-corrected chi connectivity index (χ3v) is 4.85. The van der Waals surface area contributed by atoms with E-state index in [1.807, 2.05) is 0 Å². The van der Waals surface area contributed by atoms with Gasteiger partial charge in [0.15, 0.2) is 11.5 Å². The Balaban J connectivity index is 1.84. The second-order valence-corrected chi connectivity index (χ2v) is 6.69. The monoisotopic (exact) mass is 374 g/mol. The van der Waals surface area contributed by atoms with E-state index in [9.17, 15) is 9.59 Å². The highest BCUT2D eigenvalue weighted by molar-refractivity contribution is 5.94. The summed E-state index contributed by atoms with van der Waals surface area (Å²) in [6.07, 6.45) is 8.03. The number of nitrogens with zero attached hydrogens (tertiary/aromatic N) is 1. The molecule has 2 rings (SSSR count). The molecule has 0 atom stereocenters. The molecule has 1 aliphatic carbocycles.